The van der Waals surface area contributed by atoms with Crippen molar-refractivity contribution in [2.75, 3.05) is 0 Å². The monoisotopic (exact) mass is 354 g/mol. The molecule has 0 bridgehead atoms. The lowest BCUT2D eigenvalue weighted by Gasteiger charge is -2.05. The lowest BCUT2D eigenvalue weighted by Crippen LogP contribution is -2.26. The Hall–Kier alpha value is -3.00. The van der Waals surface area contributed by atoms with Crippen LogP contribution < -0.4 is 5.32 Å². The van der Waals surface area contributed by atoms with Crippen molar-refractivity contribution in [2.45, 2.75) is 11.7 Å². The number of nitro benzene ring substituents is 1. The summed E-state index contributed by atoms with van der Waals surface area (Å²) in [5.41, 5.74) is 1.44. The molecule has 0 saturated carbocycles. The van der Waals surface area contributed by atoms with E-state index in [9.17, 15) is 14.9 Å². The first-order valence-corrected chi connectivity index (χ1v) is 8.37. The Kier molecular flexibility index (Phi) is 5.20. The maximum Gasteiger partial charge on any atom is 0.272 e. The average Bonchev–Trinajstić information content (AvgIpc) is 2.96. The van der Waals surface area contributed by atoms with E-state index in [1.54, 1.807) is 24.4 Å². The van der Waals surface area contributed by atoms with Crippen LogP contribution in [0, 0.1) is 10.1 Å². The molecule has 0 unspecified atom stereocenters. The second kappa shape index (κ2) is 7.71. The number of nitrogens with one attached hydrogen (secondary N) is 1. The van der Waals surface area contributed by atoms with Crippen LogP contribution in [0.25, 0.3) is 0 Å². The molecule has 1 atom stereocenters. The Morgan fingerprint density at radius 2 is 1.88 bits per heavy atom. The highest BCUT2D eigenvalue weighted by Crippen LogP contribution is 2.27. The van der Waals surface area contributed by atoms with Crippen molar-refractivity contribution in [2.24, 2.45) is 10.2 Å². The van der Waals surface area contributed by atoms with Crippen molar-refractivity contribution < 1.29 is 9.72 Å². The summed E-state index contributed by atoms with van der Waals surface area (Å²) in [5.74, 6) is -0.225. The molecule has 7 nitrogen and oxygen atoms in total. The van der Waals surface area contributed by atoms with Crippen molar-refractivity contribution in [3.05, 3.63) is 75.8 Å². The average molecular weight is 354 g/mol. The molecule has 0 radical (unpaired) electrons. The number of benzene rings is 2. The van der Waals surface area contributed by atoms with Gasteiger partial charge in [0, 0.05) is 18.1 Å². The van der Waals surface area contributed by atoms with E-state index in [4.69, 9.17) is 0 Å². The van der Waals surface area contributed by atoms with Gasteiger partial charge in [0.1, 0.15) is 0 Å². The van der Waals surface area contributed by atoms with Crippen molar-refractivity contribution in [3.63, 3.8) is 0 Å². The molecule has 1 aliphatic heterocycles. The van der Waals surface area contributed by atoms with E-state index in [0.717, 1.165) is 5.56 Å². The highest BCUT2D eigenvalue weighted by atomic mass is 32.2. The highest BCUT2D eigenvalue weighted by Gasteiger charge is 2.32. The van der Waals surface area contributed by atoms with Crippen molar-refractivity contribution in [1.82, 2.24) is 5.32 Å². The Labute approximate surface area is 148 Å². The van der Waals surface area contributed by atoms with Gasteiger partial charge in [-0.2, -0.15) is 5.10 Å². The van der Waals surface area contributed by atoms with Gasteiger partial charge in [-0.15, -0.1) is 5.10 Å². The van der Waals surface area contributed by atoms with Gasteiger partial charge in [0.05, 0.1) is 16.4 Å². The number of hydrogen-bond donors (Lipinski definition) is 1. The van der Waals surface area contributed by atoms with E-state index in [1.165, 1.54) is 17.8 Å². The minimum absolute atomic E-state index is 0.0170. The maximum absolute atomic E-state index is 12.1. The minimum atomic E-state index is -0.466. The molecule has 3 rings (SSSR count). The zero-order chi connectivity index (χ0) is 17.6. The van der Waals surface area contributed by atoms with E-state index in [-0.39, 0.29) is 18.0 Å². The fourth-order valence-electron chi connectivity index (χ4n) is 2.33. The van der Waals surface area contributed by atoms with Gasteiger partial charge in [0.25, 0.3) is 5.69 Å². The van der Waals surface area contributed by atoms with Gasteiger partial charge in [0.2, 0.25) is 5.91 Å². The lowest BCUT2D eigenvalue weighted by atomic mass is 10.1. The Morgan fingerprint density at radius 3 is 2.64 bits per heavy atom. The molecule has 1 amide bonds. The highest BCUT2D eigenvalue weighted by molar-refractivity contribution is 8.15. The molecule has 1 saturated heterocycles. The van der Waals surface area contributed by atoms with Crippen LogP contribution in [0.15, 0.2) is 64.8 Å². The van der Waals surface area contributed by atoms with Crippen LogP contribution in [0.3, 0.4) is 0 Å². The Morgan fingerprint density at radius 1 is 1.16 bits per heavy atom. The van der Waals surface area contributed by atoms with Gasteiger partial charge in [-0.3, -0.25) is 14.9 Å². The Balaban J connectivity index is 1.68. The summed E-state index contributed by atoms with van der Waals surface area (Å²) in [6.45, 7) is 0. The predicted octanol–water partition coefficient (Wildman–Crippen LogP) is 2.76. The van der Waals surface area contributed by atoms with E-state index < -0.39 is 10.2 Å². The van der Waals surface area contributed by atoms with Gasteiger partial charge < -0.3 is 5.32 Å². The molecular weight excluding hydrogens is 340 g/mol. The van der Waals surface area contributed by atoms with Crippen LogP contribution in [0.1, 0.15) is 11.1 Å². The molecule has 2 aromatic carbocycles. The van der Waals surface area contributed by atoms with E-state index in [2.05, 4.69) is 15.5 Å². The largest absolute Gasteiger partial charge is 0.303 e. The zero-order valence-corrected chi connectivity index (χ0v) is 13.8. The van der Waals surface area contributed by atoms with Crippen LogP contribution in [-0.4, -0.2) is 27.5 Å². The van der Waals surface area contributed by atoms with Crippen LogP contribution in [-0.2, 0) is 11.2 Å². The third-order valence-electron chi connectivity index (χ3n) is 3.53. The molecule has 1 fully saturated rings. The van der Waals surface area contributed by atoms with Gasteiger partial charge in [-0.1, -0.05) is 60.3 Å². The van der Waals surface area contributed by atoms with Gasteiger partial charge in [-0.05, 0) is 5.56 Å². The first-order valence-electron chi connectivity index (χ1n) is 7.49. The van der Waals surface area contributed by atoms with Crippen molar-refractivity contribution in [1.29, 1.82) is 0 Å². The molecule has 1 aliphatic rings. The van der Waals surface area contributed by atoms with Gasteiger partial charge in [0.15, 0.2) is 5.17 Å². The van der Waals surface area contributed by atoms with Crippen LogP contribution in [0.4, 0.5) is 5.69 Å². The normalized spacial score (nSPS) is 18.6. The number of para-hydroxylation sites is 1. The summed E-state index contributed by atoms with van der Waals surface area (Å²) in [4.78, 5) is 22.7. The predicted molar refractivity (Wildman–Crippen MR) is 97.8 cm³/mol. The lowest BCUT2D eigenvalue weighted by molar-refractivity contribution is -0.385. The second-order valence-corrected chi connectivity index (χ2v) is 6.44. The summed E-state index contributed by atoms with van der Waals surface area (Å²) >= 11 is 1.22. The summed E-state index contributed by atoms with van der Waals surface area (Å²) in [7, 11) is 0. The van der Waals surface area contributed by atoms with E-state index >= 15 is 0 Å². The summed E-state index contributed by atoms with van der Waals surface area (Å²) in [6, 6.07) is 15.9. The first kappa shape index (κ1) is 16.8. The summed E-state index contributed by atoms with van der Waals surface area (Å²) < 4.78 is 0. The molecule has 0 aromatic heterocycles. The molecule has 2 aromatic rings. The molecule has 126 valence electrons. The van der Waals surface area contributed by atoms with Crippen LogP contribution >= 0.6 is 11.8 Å². The van der Waals surface area contributed by atoms with Crippen LogP contribution in [0.5, 0.6) is 0 Å². The summed E-state index contributed by atoms with van der Waals surface area (Å²) in [6.07, 6.45) is 1.85. The fourth-order valence-corrected chi connectivity index (χ4v) is 3.29. The standard InChI is InChI=1S/C17H14N4O3S/c22-16-15(10-13-8-4-5-9-14(13)21(23)24)25-17(19-16)20-18-11-12-6-2-1-3-7-12/h1-9,11,15H,10H2,(H,19,20,22)/t15-/m1/s1. The SMILES string of the molecule is O=C1N/C(=N\N=Cc2ccccc2)S[C@@H]1Cc1ccccc1[N+](=O)[O-]. The molecule has 25 heavy (non-hydrogen) atoms. The molecular formula is C17H14N4O3S. The smallest absolute Gasteiger partial charge is 0.272 e. The molecule has 8 heteroatoms. The molecule has 0 aliphatic carbocycles. The number of hydrogen-bond acceptors (Lipinski definition) is 6. The number of amides is 1. The number of carbonyl (C=O) groups excluding carboxylic acids is 1. The van der Waals surface area contributed by atoms with E-state index in [0.29, 0.717) is 10.7 Å². The number of thioether (sulfide) groups is 1. The van der Waals surface area contributed by atoms with E-state index in [1.807, 2.05) is 30.3 Å². The number of nitro groups is 1. The molecule has 0 spiro atoms. The van der Waals surface area contributed by atoms with Gasteiger partial charge in [-0.25, -0.2) is 0 Å². The number of rotatable bonds is 5. The second-order valence-electron chi connectivity index (χ2n) is 5.25. The van der Waals surface area contributed by atoms with Crippen LogP contribution in [0.2, 0.25) is 0 Å². The third kappa shape index (κ3) is 4.30. The zero-order valence-electron chi connectivity index (χ0n) is 13.0. The van der Waals surface area contributed by atoms with Gasteiger partial charge >= 0.3 is 0 Å². The number of carbonyl (C=O) groups is 1. The van der Waals surface area contributed by atoms with Crippen molar-refractivity contribution in [3.8, 4) is 0 Å². The van der Waals surface area contributed by atoms with Crippen molar-refractivity contribution >= 4 is 34.7 Å². The summed E-state index contributed by atoms with van der Waals surface area (Å²) in [5, 5.41) is 21.6. The topological polar surface area (TPSA) is 97.0 Å². The molecule has 1 N–H and O–H groups in total. The first-order chi connectivity index (χ1) is 12.1. The molecule has 1 heterocycles. The quantitative estimate of drug-likeness (QED) is 0.507. The fraction of sp³-hybridized carbons (Fsp3) is 0.118. The number of amidine groups is 1. The minimum Gasteiger partial charge on any atom is -0.303 e. The number of nitrogens with zero attached hydrogens (tertiary/aromatic N) is 3. The Bertz CT molecular complexity index is 852. The maximum atomic E-state index is 12.1. The third-order valence-corrected chi connectivity index (χ3v) is 4.60.